The van der Waals surface area contributed by atoms with Crippen LogP contribution in [0.1, 0.15) is 23.7 Å². The van der Waals surface area contributed by atoms with Gasteiger partial charge in [0.2, 0.25) is 5.91 Å². The molecule has 1 aliphatic heterocycles. The first-order chi connectivity index (χ1) is 9.10. The van der Waals surface area contributed by atoms with Crippen LogP contribution in [0.25, 0.3) is 0 Å². The van der Waals surface area contributed by atoms with Crippen molar-refractivity contribution >= 4 is 17.5 Å². The van der Waals surface area contributed by atoms with E-state index in [1.54, 1.807) is 18.2 Å². The summed E-state index contributed by atoms with van der Waals surface area (Å²) in [6.45, 7) is 1.89. The van der Waals surface area contributed by atoms with Crippen LogP contribution in [0.3, 0.4) is 0 Å². The fraction of sp³-hybridized carbons (Fsp3) is 0.385. The Morgan fingerprint density at radius 3 is 3.11 bits per heavy atom. The summed E-state index contributed by atoms with van der Waals surface area (Å²) in [5, 5.41) is 13.9. The lowest BCUT2D eigenvalue weighted by Crippen LogP contribution is -2.26. The van der Waals surface area contributed by atoms with Crippen LogP contribution in [0, 0.1) is 0 Å². The molecule has 1 aromatic rings. The van der Waals surface area contributed by atoms with Gasteiger partial charge < -0.3 is 20.5 Å². The Balaban J connectivity index is 2.23. The van der Waals surface area contributed by atoms with Crippen LogP contribution in [-0.4, -0.2) is 36.2 Å². The van der Waals surface area contributed by atoms with Crippen molar-refractivity contribution in [3.05, 3.63) is 23.8 Å². The van der Waals surface area contributed by atoms with Gasteiger partial charge in [-0.05, 0) is 25.1 Å². The summed E-state index contributed by atoms with van der Waals surface area (Å²) in [5.74, 6) is 0.111. The van der Waals surface area contributed by atoms with E-state index < -0.39 is 0 Å². The van der Waals surface area contributed by atoms with Gasteiger partial charge in [-0.1, -0.05) is 0 Å². The zero-order valence-corrected chi connectivity index (χ0v) is 10.6. The summed E-state index contributed by atoms with van der Waals surface area (Å²) in [6.07, 6.45) is 0.0797. The van der Waals surface area contributed by atoms with Crippen molar-refractivity contribution < 1.29 is 19.4 Å². The fourth-order valence-corrected chi connectivity index (χ4v) is 1.86. The molecule has 2 amide bonds. The molecule has 2 rings (SSSR count). The highest BCUT2D eigenvalue weighted by atomic mass is 16.5. The van der Waals surface area contributed by atoms with E-state index in [0.717, 1.165) is 0 Å². The smallest absolute Gasteiger partial charge is 0.251 e. The molecule has 0 aromatic heterocycles. The largest absolute Gasteiger partial charge is 0.488 e. The number of aliphatic hydroxyl groups is 1. The predicted octanol–water partition coefficient (Wildman–Crippen LogP) is 0.518. The SMILES string of the molecule is CC1CC(=O)Nc2cc(C(=O)NCCO)ccc2O1. The van der Waals surface area contributed by atoms with E-state index in [-0.39, 0.29) is 37.5 Å². The van der Waals surface area contributed by atoms with Crippen LogP contribution in [-0.2, 0) is 4.79 Å². The van der Waals surface area contributed by atoms with Gasteiger partial charge in [0.1, 0.15) is 11.9 Å². The van der Waals surface area contributed by atoms with Gasteiger partial charge in [-0.15, -0.1) is 0 Å². The predicted molar refractivity (Wildman–Crippen MR) is 69.2 cm³/mol. The van der Waals surface area contributed by atoms with Gasteiger partial charge in [0.25, 0.3) is 5.91 Å². The highest BCUT2D eigenvalue weighted by Crippen LogP contribution is 2.29. The van der Waals surface area contributed by atoms with Crippen molar-refractivity contribution in [2.45, 2.75) is 19.4 Å². The second-order valence-electron chi connectivity index (χ2n) is 4.37. The van der Waals surface area contributed by atoms with E-state index in [0.29, 0.717) is 17.0 Å². The molecule has 0 radical (unpaired) electrons. The van der Waals surface area contributed by atoms with E-state index in [2.05, 4.69) is 10.6 Å². The molecule has 1 unspecified atom stereocenters. The Hall–Kier alpha value is -2.08. The lowest BCUT2D eigenvalue weighted by atomic mass is 10.1. The van der Waals surface area contributed by atoms with E-state index in [1.807, 2.05) is 6.92 Å². The molecule has 0 spiro atoms. The molecule has 6 nitrogen and oxygen atoms in total. The topological polar surface area (TPSA) is 87.7 Å². The Morgan fingerprint density at radius 1 is 1.58 bits per heavy atom. The molecular formula is C13H16N2O4. The number of rotatable bonds is 3. The van der Waals surface area contributed by atoms with Crippen LogP contribution in [0.2, 0.25) is 0 Å². The molecular weight excluding hydrogens is 248 g/mol. The molecule has 3 N–H and O–H groups in total. The zero-order chi connectivity index (χ0) is 13.8. The minimum absolute atomic E-state index is 0.117. The molecule has 6 heteroatoms. The molecule has 0 saturated heterocycles. The highest BCUT2D eigenvalue weighted by Gasteiger charge is 2.20. The number of aliphatic hydroxyl groups excluding tert-OH is 1. The first kappa shape index (κ1) is 13.4. The molecule has 102 valence electrons. The van der Waals surface area contributed by atoms with E-state index in [4.69, 9.17) is 9.84 Å². The van der Waals surface area contributed by atoms with Gasteiger partial charge in [0.05, 0.1) is 18.7 Å². The molecule has 0 aliphatic carbocycles. The van der Waals surface area contributed by atoms with Gasteiger partial charge in [-0.3, -0.25) is 9.59 Å². The molecule has 0 bridgehead atoms. The minimum atomic E-state index is -0.302. The average molecular weight is 264 g/mol. The maximum Gasteiger partial charge on any atom is 0.251 e. The van der Waals surface area contributed by atoms with Gasteiger partial charge >= 0.3 is 0 Å². The third-order valence-corrected chi connectivity index (χ3v) is 2.71. The molecule has 1 aliphatic rings. The standard InChI is InChI=1S/C13H16N2O4/c1-8-6-12(17)15-10-7-9(2-3-11(10)19-8)13(18)14-4-5-16/h2-3,7-8,16H,4-6H2,1H3,(H,14,18)(H,15,17). The number of amides is 2. The third-order valence-electron chi connectivity index (χ3n) is 2.71. The van der Waals surface area contributed by atoms with Crippen molar-refractivity contribution in [3.8, 4) is 5.75 Å². The summed E-state index contributed by atoms with van der Waals surface area (Å²) < 4.78 is 5.59. The van der Waals surface area contributed by atoms with Crippen molar-refractivity contribution in [3.63, 3.8) is 0 Å². The quantitative estimate of drug-likeness (QED) is 0.742. The number of nitrogens with one attached hydrogen (secondary N) is 2. The maximum absolute atomic E-state index is 11.7. The number of fused-ring (bicyclic) bond motifs is 1. The van der Waals surface area contributed by atoms with E-state index in [1.165, 1.54) is 0 Å². The van der Waals surface area contributed by atoms with Crippen molar-refractivity contribution in [1.82, 2.24) is 5.32 Å². The van der Waals surface area contributed by atoms with Crippen molar-refractivity contribution in [1.29, 1.82) is 0 Å². The molecule has 0 fully saturated rings. The number of hydrogen-bond donors (Lipinski definition) is 3. The summed E-state index contributed by atoms with van der Waals surface area (Å²) in [7, 11) is 0. The van der Waals surface area contributed by atoms with Gasteiger partial charge in [0, 0.05) is 12.1 Å². The van der Waals surface area contributed by atoms with Gasteiger partial charge in [-0.25, -0.2) is 0 Å². The second kappa shape index (κ2) is 5.71. The fourth-order valence-electron chi connectivity index (χ4n) is 1.86. The maximum atomic E-state index is 11.7. The molecule has 1 aromatic carbocycles. The Kier molecular flexibility index (Phi) is 4.01. The molecule has 1 atom stereocenters. The van der Waals surface area contributed by atoms with Crippen LogP contribution in [0.4, 0.5) is 5.69 Å². The minimum Gasteiger partial charge on any atom is -0.488 e. The normalized spacial score (nSPS) is 17.8. The van der Waals surface area contributed by atoms with Crippen LogP contribution in [0.15, 0.2) is 18.2 Å². The Morgan fingerprint density at radius 2 is 2.37 bits per heavy atom. The average Bonchev–Trinajstić information content (AvgIpc) is 2.51. The number of benzene rings is 1. The third kappa shape index (κ3) is 3.23. The van der Waals surface area contributed by atoms with Crippen molar-refractivity contribution in [2.75, 3.05) is 18.5 Å². The van der Waals surface area contributed by atoms with E-state index in [9.17, 15) is 9.59 Å². The first-order valence-electron chi connectivity index (χ1n) is 6.10. The summed E-state index contributed by atoms with van der Waals surface area (Å²) >= 11 is 0. The Labute approximate surface area is 110 Å². The number of carbonyl (C=O) groups excluding carboxylic acids is 2. The van der Waals surface area contributed by atoms with Crippen LogP contribution < -0.4 is 15.4 Å². The second-order valence-corrected chi connectivity index (χ2v) is 4.37. The summed E-state index contributed by atoms with van der Waals surface area (Å²) in [4.78, 5) is 23.3. The monoisotopic (exact) mass is 264 g/mol. The number of ether oxygens (including phenoxy) is 1. The molecule has 1 heterocycles. The van der Waals surface area contributed by atoms with Crippen LogP contribution in [0.5, 0.6) is 5.75 Å². The molecule has 0 saturated carbocycles. The number of anilines is 1. The highest BCUT2D eigenvalue weighted by molar-refractivity contribution is 5.98. The first-order valence-corrected chi connectivity index (χ1v) is 6.10. The summed E-state index contributed by atoms with van der Waals surface area (Å²) in [5.41, 5.74) is 0.900. The lowest BCUT2D eigenvalue weighted by molar-refractivity contribution is -0.117. The van der Waals surface area contributed by atoms with Gasteiger partial charge in [0.15, 0.2) is 0 Å². The van der Waals surface area contributed by atoms with Crippen LogP contribution >= 0.6 is 0 Å². The van der Waals surface area contributed by atoms with E-state index >= 15 is 0 Å². The number of carbonyl (C=O) groups is 2. The zero-order valence-electron chi connectivity index (χ0n) is 10.6. The summed E-state index contributed by atoms with van der Waals surface area (Å²) in [6, 6.07) is 4.85. The molecule has 19 heavy (non-hydrogen) atoms. The van der Waals surface area contributed by atoms with Crippen molar-refractivity contribution in [2.24, 2.45) is 0 Å². The Bertz CT molecular complexity index is 501. The lowest BCUT2D eigenvalue weighted by Gasteiger charge is -2.12. The number of hydrogen-bond acceptors (Lipinski definition) is 4. The van der Waals surface area contributed by atoms with Gasteiger partial charge in [-0.2, -0.15) is 0 Å².